The van der Waals surface area contributed by atoms with E-state index in [1.807, 2.05) is 0 Å². The summed E-state index contributed by atoms with van der Waals surface area (Å²) in [4.78, 5) is 0. The van der Waals surface area contributed by atoms with Crippen molar-refractivity contribution in [1.82, 2.24) is 0 Å². The van der Waals surface area contributed by atoms with Crippen LogP contribution in [0.25, 0.3) is 0 Å². The highest BCUT2D eigenvalue weighted by Gasteiger charge is 2.34. The molecular weight excluding hydrogens is 218 g/mol. The molecule has 0 bridgehead atoms. The maximum absolute atomic E-state index is 6.54. The molecule has 1 heteroatoms. The van der Waals surface area contributed by atoms with Gasteiger partial charge in [-0.3, -0.25) is 0 Å². The van der Waals surface area contributed by atoms with Gasteiger partial charge in [-0.05, 0) is 37.5 Å². The lowest BCUT2D eigenvalue weighted by molar-refractivity contribution is 0.155. The zero-order valence-electron chi connectivity index (χ0n) is 13.1. The third kappa shape index (κ3) is 6.22. The molecule has 0 atom stereocenters. The van der Waals surface area contributed by atoms with Crippen molar-refractivity contribution in [2.75, 3.05) is 0 Å². The summed E-state index contributed by atoms with van der Waals surface area (Å²) in [5.41, 5.74) is 7.27. The minimum Gasteiger partial charge on any atom is -0.325 e. The smallest absolute Gasteiger partial charge is 0.0154 e. The second-order valence-corrected chi connectivity index (χ2v) is 7.40. The number of unbranched alkanes of at least 4 members (excludes halogenated alkanes) is 6. The third-order valence-electron chi connectivity index (χ3n) is 4.88. The van der Waals surface area contributed by atoms with E-state index in [1.54, 1.807) is 0 Å². The molecule has 0 unspecified atom stereocenters. The number of hydrogen-bond acceptors (Lipinski definition) is 1. The quantitative estimate of drug-likeness (QED) is 0.574. The van der Waals surface area contributed by atoms with Gasteiger partial charge in [-0.1, -0.05) is 65.7 Å². The molecule has 18 heavy (non-hydrogen) atoms. The topological polar surface area (TPSA) is 26.0 Å². The average molecular weight is 253 g/mol. The molecule has 0 saturated heterocycles. The van der Waals surface area contributed by atoms with Crippen molar-refractivity contribution in [3.63, 3.8) is 0 Å². The molecule has 0 aromatic rings. The highest BCUT2D eigenvalue weighted by molar-refractivity contribution is 4.92. The highest BCUT2D eigenvalue weighted by atomic mass is 14.7. The zero-order chi connectivity index (χ0) is 13.5. The number of rotatable bonds is 8. The van der Waals surface area contributed by atoms with Crippen molar-refractivity contribution in [2.45, 2.75) is 103 Å². The molecule has 0 aliphatic heterocycles. The van der Waals surface area contributed by atoms with Crippen LogP contribution in [0.1, 0.15) is 97.8 Å². The molecule has 0 heterocycles. The van der Waals surface area contributed by atoms with Crippen molar-refractivity contribution in [1.29, 1.82) is 0 Å². The summed E-state index contributed by atoms with van der Waals surface area (Å²) in [5, 5.41) is 0. The summed E-state index contributed by atoms with van der Waals surface area (Å²) in [6.45, 7) is 7.06. The molecule has 1 aliphatic carbocycles. The predicted octanol–water partition coefficient (Wildman–Crippen LogP) is 5.42. The van der Waals surface area contributed by atoms with Crippen LogP contribution in [0.2, 0.25) is 0 Å². The Morgan fingerprint density at radius 1 is 0.778 bits per heavy atom. The Balaban J connectivity index is 2.05. The van der Waals surface area contributed by atoms with Crippen molar-refractivity contribution < 1.29 is 0 Å². The Morgan fingerprint density at radius 3 is 1.83 bits per heavy atom. The van der Waals surface area contributed by atoms with Crippen molar-refractivity contribution in [2.24, 2.45) is 11.1 Å². The minimum absolute atomic E-state index is 0.180. The van der Waals surface area contributed by atoms with Gasteiger partial charge >= 0.3 is 0 Å². The van der Waals surface area contributed by atoms with Crippen LogP contribution in [0.15, 0.2) is 0 Å². The molecule has 1 saturated carbocycles. The second kappa shape index (κ2) is 7.53. The van der Waals surface area contributed by atoms with Crippen LogP contribution in [0, 0.1) is 5.41 Å². The maximum Gasteiger partial charge on any atom is 0.0154 e. The fourth-order valence-corrected chi connectivity index (χ4v) is 3.11. The largest absolute Gasteiger partial charge is 0.325 e. The predicted molar refractivity (Wildman–Crippen MR) is 81.8 cm³/mol. The van der Waals surface area contributed by atoms with Gasteiger partial charge in [0.2, 0.25) is 0 Å². The minimum atomic E-state index is 0.180. The summed E-state index contributed by atoms with van der Waals surface area (Å²) in [6.07, 6.45) is 16.2. The SMILES string of the molecule is CCCCCCCCCC1(N)CCC(C)(C)CC1. The third-order valence-corrected chi connectivity index (χ3v) is 4.88. The zero-order valence-corrected chi connectivity index (χ0v) is 13.1. The van der Waals surface area contributed by atoms with Crippen molar-refractivity contribution >= 4 is 0 Å². The van der Waals surface area contributed by atoms with E-state index in [0.717, 1.165) is 0 Å². The van der Waals surface area contributed by atoms with Gasteiger partial charge in [-0.25, -0.2) is 0 Å². The normalized spacial score (nSPS) is 22.0. The van der Waals surface area contributed by atoms with Crippen LogP contribution in [0.5, 0.6) is 0 Å². The van der Waals surface area contributed by atoms with Crippen LogP contribution >= 0.6 is 0 Å². The van der Waals surface area contributed by atoms with Crippen LogP contribution in [0.4, 0.5) is 0 Å². The van der Waals surface area contributed by atoms with Gasteiger partial charge in [0.25, 0.3) is 0 Å². The van der Waals surface area contributed by atoms with Gasteiger partial charge in [0.05, 0.1) is 0 Å². The molecule has 1 aliphatic rings. The average Bonchev–Trinajstić information content (AvgIpc) is 2.33. The van der Waals surface area contributed by atoms with E-state index >= 15 is 0 Å². The molecule has 108 valence electrons. The highest BCUT2D eigenvalue weighted by Crippen LogP contribution is 2.40. The van der Waals surface area contributed by atoms with E-state index in [9.17, 15) is 0 Å². The van der Waals surface area contributed by atoms with Gasteiger partial charge in [0, 0.05) is 5.54 Å². The Hall–Kier alpha value is -0.0400. The summed E-state index contributed by atoms with van der Waals surface area (Å²) < 4.78 is 0. The Labute approximate surface area is 115 Å². The molecule has 1 nitrogen and oxygen atoms in total. The van der Waals surface area contributed by atoms with Gasteiger partial charge in [-0.15, -0.1) is 0 Å². The van der Waals surface area contributed by atoms with E-state index in [0.29, 0.717) is 5.41 Å². The standard InChI is InChI=1S/C17H35N/c1-4-5-6-7-8-9-10-11-17(18)14-12-16(2,3)13-15-17/h4-15,18H2,1-3H3. The molecule has 1 fully saturated rings. The molecule has 0 radical (unpaired) electrons. The molecule has 1 rings (SSSR count). The van der Waals surface area contributed by atoms with Crippen LogP contribution in [-0.2, 0) is 0 Å². The fourth-order valence-electron chi connectivity index (χ4n) is 3.11. The maximum atomic E-state index is 6.54. The first kappa shape index (κ1) is 16.0. The van der Waals surface area contributed by atoms with E-state index in [4.69, 9.17) is 5.73 Å². The van der Waals surface area contributed by atoms with E-state index in [2.05, 4.69) is 20.8 Å². The summed E-state index contributed by atoms with van der Waals surface area (Å²) >= 11 is 0. The molecule has 0 amide bonds. The second-order valence-electron chi connectivity index (χ2n) is 7.40. The van der Waals surface area contributed by atoms with Crippen molar-refractivity contribution in [3.8, 4) is 0 Å². The summed E-state index contributed by atoms with van der Waals surface area (Å²) in [6, 6.07) is 0. The molecular formula is C17H35N. The molecule has 0 spiro atoms. The first-order chi connectivity index (χ1) is 8.47. The summed E-state index contributed by atoms with van der Waals surface area (Å²) in [5.74, 6) is 0. The first-order valence-electron chi connectivity index (χ1n) is 8.26. The Kier molecular flexibility index (Phi) is 6.70. The number of nitrogens with two attached hydrogens (primary N) is 1. The first-order valence-corrected chi connectivity index (χ1v) is 8.26. The van der Waals surface area contributed by atoms with Crippen LogP contribution < -0.4 is 5.73 Å². The van der Waals surface area contributed by atoms with Gasteiger partial charge < -0.3 is 5.73 Å². The lowest BCUT2D eigenvalue weighted by Crippen LogP contribution is -2.44. The molecule has 0 aromatic carbocycles. The Bertz CT molecular complexity index is 210. The molecule has 2 N–H and O–H groups in total. The van der Waals surface area contributed by atoms with Crippen LogP contribution in [0.3, 0.4) is 0 Å². The fraction of sp³-hybridized carbons (Fsp3) is 1.00. The summed E-state index contributed by atoms with van der Waals surface area (Å²) in [7, 11) is 0. The van der Waals surface area contributed by atoms with Crippen LogP contribution in [-0.4, -0.2) is 5.54 Å². The van der Waals surface area contributed by atoms with E-state index in [-0.39, 0.29) is 5.54 Å². The van der Waals surface area contributed by atoms with Gasteiger partial charge in [0.15, 0.2) is 0 Å². The van der Waals surface area contributed by atoms with Gasteiger partial charge in [-0.2, -0.15) is 0 Å². The lowest BCUT2D eigenvalue weighted by Gasteiger charge is -2.41. The number of hydrogen-bond donors (Lipinski definition) is 1. The molecule has 0 aromatic heterocycles. The van der Waals surface area contributed by atoms with E-state index < -0.39 is 0 Å². The Morgan fingerprint density at radius 2 is 1.28 bits per heavy atom. The van der Waals surface area contributed by atoms with E-state index in [1.165, 1.54) is 77.0 Å². The lowest BCUT2D eigenvalue weighted by atomic mass is 9.68. The van der Waals surface area contributed by atoms with Gasteiger partial charge in [0.1, 0.15) is 0 Å². The monoisotopic (exact) mass is 253 g/mol. The van der Waals surface area contributed by atoms with Crippen molar-refractivity contribution in [3.05, 3.63) is 0 Å².